The lowest BCUT2D eigenvalue weighted by atomic mass is 10.1. The fourth-order valence-corrected chi connectivity index (χ4v) is 2.57. The minimum Gasteiger partial charge on any atom is -0.362 e. The number of nitrogens with one attached hydrogen (secondary N) is 1. The molecule has 1 N–H and O–H groups in total. The Kier molecular flexibility index (Phi) is 4.84. The van der Waals surface area contributed by atoms with Crippen molar-refractivity contribution < 1.29 is 4.79 Å². The van der Waals surface area contributed by atoms with Crippen LogP contribution in [0.1, 0.15) is 36.4 Å². The molecule has 0 fully saturated rings. The SMILES string of the molecule is Cc1cc(CC(=O)N(Cc2ccccc2)C(C)C)c(C)[nH]1. The normalized spacial score (nSPS) is 10.9. The fourth-order valence-electron chi connectivity index (χ4n) is 2.57. The molecule has 0 radical (unpaired) electrons. The zero-order valence-electron chi connectivity index (χ0n) is 13.3. The Balaban J connectivity index is 2.11. The summed E-state index contributed by atoms with van der Waals surface area (Å²) in [6.45, 7) is 8.84. The number of rotatable bonds is 5. The van der Waals surface area contributed by atoms with Gasteiger partial charge in [0.1, 0.15) is 0 Å². The molecule has 2 rings (SSSR count). The van der Waals surface area contributed by atoms with Crippen molar-refractivity contribution >= 4 is 5.91 Å². The quantitative estimate of drug-likeness (QED) is 0.894. The maximum Gasteiger partial charge on any atom is 0.227 e. The molecule has 3 nitrogen and oxygen atoms in total. The van der Waals surface area contributed by atoms with Gasteiger partial charge in [0.2, 0.25) is 5.91 Å². The minimum absolute atomic E-state index is 0.177. The number of hydrogen-bond donors (Lipinski definition) is 1. The number of carbonyl (C=O) groups excluding carboxylic acids is 1. The average molecular weight is 284 g/mol. The zero-order chi connectivity index (χ0) is 15.4. The predicted octanol–water partition coefficient (Wildman–Crippen LogP) is 3.61. The van der Waals surface area contributed by atoms with E-state index in [4.69, 9.17) is 0 Å². The van der Waals surface area contributed by atoms with E-state index in [2.05, 4.69) is 37.0 Å². The maximum absolute atomic E-state index is 12.6. The molecule has 0 atom stereocenters. The second-order valence-electron chi connectivity index (χ2n) is 5.88. The molecule has 0 spiro atoms. The number of carbonyl (C=O) groups is 1. The second-order valence-corrected chi connectivity index (χ2v) is 5.88. The molecule has 112 valence electrons. The highest BCUT2D eigenvalue weighted by atomic mass is 16.2. The summed E-state index contributed by atoms with van der Waals surface area (Å²) < 4.78 is 0. The van der Waals surface area contributed by atoms with Gasteiger partial charge in [0, 0.05) is 24.0 Å². The molecule has 0 bridgehead atoms. The third-order valence-corrected chi connectivity index (χ3v) is 3.74. The van der Waals surface area contributed by atoms with Crippen molar-refractivity contribution in [1.82, 2.24) is 9.88 Å². The zero-order valence-corrected chi connectivity index (χ0v) is 13.3. The van der Waals surface area contributed by atoms with Gasteiger partial charge in [0.25, 0.3) is 0 Å². The number of aryl methyl sites for hydroxylation is 2. The summed E-state index contributed by atoms with van der Waals surface area (Å²) in [5.74, 6) is 0.177. The standard InChI is InChI=1S/C18H24N2O/c1-13(2)20(12-16-8-6-5-7-9-16)18(21)11-17-10-14(3)19-15(17)4/h5-10,13,19H,11-12H2,1-4H3. The summed E-state index contributed by atoms with van der Waals surface area (Å²) in [7, 11) is 0. The van der Waals surface area contributed by atoms with Crippen LogP contribution in [-0.2, 0) is 17.8 Å². The molecule has 1 heterocycles. The smallest absolute Gasteiger partial charge is 0.227 e. The number of hydrogen-bond acceptors (Lipinski definition) is 1. The van der Waals surface area contributed by atoms with E-state index >= 15 is 0 Å². The lowest BCUT2D eigenvalue weighted by molar-refractivity contribution is -0.132. The van der Waals surface area contributed by atoms with E-state index in [0.29, 0.717) is 13.0 Å². The van der Waals surface area contributed by atoms with Gasteiger partial charge in [0.05, 0.1) is 6.42 Å². The van der Waals surface area contributed by atoms with Gasteiger partial charge in [-0.3, -0.25) is 4.79 Å². The van der Waals surface area contributed by atoms with Crippen molar-refractivity contribution in [1.29, 1.82) is 0 Å². The average Bonchev–Trinajstić information content (AvgIpc) is 2.75. The Morgan fingerprint density at radius 3 is 2.38 bits per heavy atom. The summed E-state index contributed by atoms with van der Waals surface area (Å²) >= 11 is 0. The molecule has 1 amide bonds. The molecule has 3 heteroatoms. The Bertz CT molecular complexity index is 599. The molecule has 0 saturated carbocycles. The minimum atomic E-state index is 0.177. The van der Waals surface area contributed by atoms with Crippen LogP contribution in [0.4, 0.5) is 0 Å². The van der Waals surface area contributed by atoms with Gasteiger partial charge >= 0.3 is 0 Å². The van der Waals surface area contributed by atoms with Gasteiger partial charge in [-0.2, -0.15) is 0 Å². The molecular weight excluding hydrogens is 260 g/mol. The Morgan fingerprint density at radius 1 is 1.19 bits per heavy atom. The van der Waals surface area contributed by atoms with Crippen LogP contribution in [0.5, 0.6) is 0 Å². The van der Waals surface area contributed by atoms with Crippen molar-refractivity contribution in [3.63, 3.8) is 0 Å². The summed E-state index contributed by atoms with van der Waals surface area (Å²) in [5.41, 5.74) is 4.46. The van der Waals surface area contributed by atoms with Crippen LogP contribution >= 0.6 is 0 Å². The number of nitrogens with zero attached hydrogens (tertiary/aromatic N) is 1. The molecule has 0 aliphatic rings. The molecule has 1 aromatic carbocycles. The van der Waals surface area contributed by atoms with Crippen molar-refractivity contribution in [2.75, 3.05) is 0 Å². The van der Waals surface area contributed by atoms with Crippen molar-refractivity contribution in [2.24, 2.45) is 0 Å². The van der Waals surface area contributed by atoms with Gasteiger partial charge in [0.15, 0.2) is 0 Å². The van der Waals surface area contributed by atoms with Gasteiger partial charge in [-0.15, -0.1) is 0 Å². The third kappa shape index (κ3) is 3.97. The van der Waals surface area contributed by atoms with Gasteiger partial charge < -0.3 is 9.88 Å². The Labute approximate surface area is 127 Å². The van der Waals surface area contributed by atoms with E-state index in [9.17, 15) is 4.79 Å². The van der Waals surface area contributed by atoms with Crippen LogP contribution in [-0.4, -0.2) is 21.8 Å². The van der Waals surface area contributed by atoms with Crippen LogP contribution in [0.2, 0.25) is 0 Å². The fraction of sp³-hybridized carbons (Fsp3) is 0.389. The van der Waals surface area contributed by atoms with E-state index in [0.717, 1.165) is 17.0 Å². The van der Waals surface area contributed by atoms with E-state index in [1.165, 1.54) is 5.56 Å². The first-order valence-electron chi connectivity index (χ1n) is 7.46. The first kappa shape index (κ1) is 15.4. The van der Waals surface area contributed by atoms with Crippen LogP contribution in [0.3, 0.4) is 0 Å². The summed E-state index contributed by atoms with van der Waals surface area (Å²) in [5, 5.41) is 0. The lowest BCUT2D eigenvalue weighted by Gasteiger charge is -2.27. The summed E-state index contributed by atoms with van der Waals surface area (Å²) in [6, 6.07) is 12.4. The van der Waals surface area contributed by atoms with E-state index < -0.39 is 0 Å². The number of aromatic nitrogens is 1. The predicted molar refractivity (Wildman–Crippen MR) is 86.1 cm³/mol. The van der Waals surface area contributed by atoms with Crippen LogP contribution < -0.4 is 0 Å². The number of benzene rings is 1. The highest BCUT2D eigenvalue weighted by Gasteiger charge is 2.19. The number of aromatic amines is 1. The van der Waals surface area contributed by atoms with Crippen molar-refractivity contribution in [2.45, 2.75) is 46.7 Å². The maximum atomic E-state index is 12.6. The number of H-pyrrole nitrogens is 1. The Morgan fingerprint density at radius 2 is 1.86 bits per heavy atom. The van der Waals surface area contributed by atoms with E-state index in [1.54, 1.807) is 0 Å². The molecule has 0 aliphatic heterocycles. The van der Waals surface area contributed by atoms with Crippen molar-refractivity contribution in [3.8, 4) is 0 Å². The van der Waals surface area contributed by atoms with E-state index in [1.807, 2.05) is 36.9 Å². The van der Waals surface area contributed by atoms with Crippen LogP contribution in [0.15, 0.2) is 36.4 Å². The molecule has 0 unspecified atom stereocenters. The molecule has 1 aromatic heterocycles. The molecule has 21 heavy (non-hydrogen) atoms. The highest BCUT2D eigenvalue weighted by Crippen LogP contribution is 2.14. The lowest BCUT2D eigenvalue weighted by Crippen LogP contribution is -2.37. The molecule has 0 saturated heterocycles. The molecular formula is C18H24N2O. The monoisotopic (exact) mass is 284 g/mol. The van der Waals surface area contributed by atoms with Gasteiger partial charge in [-0.1, -0.05) is 30.3 Å². The van der Waals surface area contributed by atoms with Crippen molar-refractivity contribution in [3.05, 3.63) is 58.9 Å². The molecule has 2 aromatic rings. The first-order chi connectivity index (χ1) is 9.97. The van der Waals surface area contributed by atoms with Gasteiger partial charge in [-0.05, 0) is 44.9 Å². The Hall–Kier alpha value is -2.03. The largest absolute Gasteiger partial charge is 0.362 e. The topological polar surface area (TPSA) is 36.1 Å². The second kappa shape index (κ2) is 6.61. The molecule has 0 aliphatic carbocycles. The highest BCUT2D eigenvalue weighted by molar-refractivity contribution is 5.79. The third-order valence-electron chi connectivity index (χ3n) is 3.74. The summed E-state index contributed by atoms with van der Waals surface area (Å²) in [4.78, 5) is 17.8. The van der Waals surface area contributed by atoms with Gasteiger partial charge in [-0.25, -0.2) is 0 Å². The van der Waals surface area contributed by atoms with Crippen LogP contribution in [0, 0.1) is 13.8 Å². The van der Waals surface area contributed by atoms with E-state index in [-0.39, 0.29) is 11.9 Å². The number of amides is 1. The van der Waals surface area contributed by atoms with Crippen LogP contribution in [0.25, 0.3) is 0 Å². The first-order valence-corrected chi connectivity index (χ1v) is 7.46. The summed E-state index contributed by atoms with van der Waals surface area (Å²) in [6.07, 6.45) is 0.460.